The van der Waals surface area contributed by atoms with Gasteiger partial charge in [0, 0.05) is 29.9 Å². The minimum atomic E-state index is 0.159. The Morgan fingerprint density at radius 2 is 2.09 bits per heavy atom. The van der Waals surface area contributed by atoms with Gasteiger partial charge in [-0.15, -0.1) is 0 Å². The van der Waals surface area contributed by atoms with Crippen molar-refractivity contribution in [2.24, 2.45) is 0 Å². The molecule has 1 saturated heterocycles. The van der Waals surface area contributed by atoms with Gasteiger partial charge in [-0.05, 0) is 56.1 Å². The van der Waals surface area contributed by atoms with Crippen molar-refractivity contribution in [3.8, 4) is 0 Å². The Labute approximate surface area is 143 Å². The quantitative estimate of drug-likeness (QED) is 0.823. The number of rotatable bonds is 4. The average molecular weight is 331 g/mol. The van der Waals surface area contributed by atoms with Gasteiger partial charge in [0.1, 0.15) is 0 Å². The largest absolute Gasteiger partial charge is 0.357 e. The fourth-order valence-electron chi connectivity index (χ4n) is 3.69. The molecule has 1 aromatic carbocycles. The number of anilines is 2. The normalized spacial score (nSPS) is 19.9. The van der Waals surface area contributed by atoms with Crippen molar-refractivity contribution in [2.75, 3.05) is 16.8 Å². The fourth-order valence-corrected chi connectivity index (χ4v) is 4.03. The van der Waals surface area contributed by atoms with E-state index in [1.807, 2.05) is 29.2 Å². The van der Waals surface area contributed by atoms with Gasteiger partial charge in [-0.25, -0.2) is 0 Å². The number of hydrogen-bond donors (Lipinski definition) is 2. The summed E-state index contributed by atoms with van der Waals surface area (Å²) in [6.07, 6.45) is 7.61. The highest BCUT2D eigenvalue weighted by atomic mass is 32.1. The van der Waals surface area contributed by atoms with Gasteiger partial charge in [-0.1, -0.05) is 25.8 Å². The maximum absolute atomic E-state index is 11.9. The van der Waals surface area contributed by atoms with Crippen LogP contribution in [0.5, 0.6) is 0 Å². The van der Waals surface area contributed by atoms with E-state index in [4.69, 9.17) is 12.2 Å². The molecule has 2 N–H and O–H groups in total. The molecule has 5 heteroatoms. The summed E-state index contributed by atoms with van der Waals surface area (Å²) in [6, 6.07) is 7.95. The van der Waals surface area contributed by atoms with Crippen LogP contribution in [-0.4, -0.2) is 23.1 Å². The molecule has 1 amide bonds. The third-order valence-corrected chi connectivity index (χ3v) is 5.31. The van der Waals surface area contributed by atoms with Crippen LogP contribution in [0, 0.1) is 0 Å². The maximum atomic E-state index is 11.9. The number of nitrogens with zero attached hydrogens (tertiary/aromatic N) is 1. The zero-order valence-corrected chi connectivity index (χ0v) is 14.5. The molecule has 1 saturated carbocycles. The van der Waals surface area contributed by atoms with Crippen LogP contribution in [0.15, 0.2) is 24.3 Å². The molecule has 0 bridgehead atoms. The van der Waals surface area contributed by atoms with E-state index in [0.29, 0.717) is 11.5 Å². The van der Waals surface area contributed by atoms with E-state index in [1.165, 1.54) is 25.7 Å². The first-order valence-electron chi connectivity index (χ1n) is 8.61. The summed E-state index contributed by atoms with van der Waals surface area (Å²) >= 11 is 5.51. The van der Waals surface area contributed by atoms with E-state index in [9.17, 15) is 4.79 Å². The second-order valence-electron chi connectivity index (χ2n) is 6.62. The molecule has 0 aromatic heterocycles. The predicted molar refractivity (Wildman–Crippen MR) is 98.9 cm³/mol. The lowest BCUT2D eigenvalue weighted by molar-refractivity contribution is -0.117. The Hall–Kier alpha value is -1.62. The van der Waals surface area contributed by atoms with Gasteiger partial charge in [0.05, 0.1) is 0 Å². The van der Waals surface area contributed by atoms with E-state index >= 15 is 0 Å². The van der Waals surface area contributed by atoms with Gasteiger partial charge in [-0.3, -0.25) is 4.79 Å². The number of benzene rings is 1. The molecule has 1 aromatic rings. The highest BCUT2D eigenvalue weighted by molar-refractivity contribution is 7.80. The summed E-state index contributed by atoms with van der Waals surface area (Å²) in [6.45, 7) is 3.03. The molecule has 3 rings (SSSR count). The van der Waals surface area contributed by atoms with Gasteiger partial charge in [0.25, 0.3) is 0 Å². The second-order valence-corrected chi connectivity index (χ2v) is 7.03. The van der Waals surface area contributed by atoms with Gasteiger partial charge in [0.2, 0.25) is 5.91 Å². The smallest absolute Gasteiger partial charge is 0.227 e. The predicted octanol–water partition coefficient (Wildman–Crippen LogP) is 3.82. The van der Waals surface area contributed by atoms with Crippen LogP contribution in [0.4, 0.5) is 11.4 Å². The number of hydrogen-bond acceptors (Lipinski definition) is 2. The minimum absolute atomic E-state index is 0.159. The third-order valence-electron chi connectivity index (χ3n) is 5.11. The summed E-state index contributed by atoms with van der Waals surface area (Å²) in [5, 5.41) is 7.50. The summed E-state index contributed by atoms with van der Waals surface area (Å²) in [5.41, 5.74) is 2.04. The maximum Gasteiger partial charge on any atom is 0.227 e. The Balaban J connectivity index is 1.65. The van der Waals surface area contributed by atoms with Gasteiger partial charge >= 0.3 is 0 Å². The molecule has 1 aliphatic heterocycles. The van der Waals surface area contributed by atoms with E-state index in [-0.39, 0.29) is 11.4 Å². The Morgan fingerprint density at radius 1 is 1.30 bits per heavy atom. The van der Waals surface area contributed by atoms with E-state index in [1.54, 1.807) is 0 Å². The molecule has 4 nitrogen and oxygen atoms in total. The molecule has 0 spiro atoms. The molecule has 2 aliphatic rings. The molecule has 2 fully saturated rings. The third kappa shape index (κ3) is 3.66. The van der Waals surface area contributed by atoms with Crippen molar-refractivity contribution >= 4 is 34.6 Å². The van der Waals surface area contributed by atoms with Crippen LogP contribution in [-0.2, 0) is 4.79 Å². The molecule has 0 atom stereocenters. The van der Waals surface area contributed by atoms with Crippen LogP contribution in [0.25, 0.3) is 0 Å². The zero-order valence-electron chi connectivity index (χ0n) is 13.7. The molecule has 1 aliphatic carbocycles. The van der Waals surface area contributed by atoms with Gasteiger partial charge < -0.3 is 15.5 Å². The Morgan fingerprint density at radius 3 is 2.74 bits per heavy atom. The minimum Gasteiger partial charge on any atom is -0.357 e. The van der Waals surface area contributed by atoms with Crippen LogP contribution in [0.3, 0.4) is 0 Å². The monoisotopic (exact) mass is 331 g/mol. The molecule has 124 valence electrons. The highest BCUT2D eigenvalue weighted by Crippen LogP contribution is 2.32. The van der Waals surface area contributed by atoms with Crippen molar-refractivity contribution < 1.29 is 4.79 Å². The summed E-state index contributed by atoms with van der Waals surface area (Å²) in [4.78, 5) is 13.7. The summed E-state index contributed by atoms with van der Waals surface area (Å²) in [7, 11) is 0. The van der Waals surface area contributed by atoms with Gasteiger partial charge in [-0.2, -0.15) is 0 Å². The van der Waals surface area contributed by atoms with Crippen molar-refractivity contribution in [1.29, 1.82) is 0 Å². The lowest BCUT2D eigenvalue weighted by Crippen LogP contribution is -2.47. The van der Waals surface area contributed by atoms with Crippen LogP contribution in [0.2, 0.25) is 0 Å². The van der Waals surface area contributed by atoms with E-state index < -0.39 is 0 Å². The SMILES string of the molecule is CCC1(NC(=S)Nc2cccc(N3CCCC3=O)c2)CCCC1. The Kier molecular flexibility index (Phi) is 4.85. The number of nitrogens with one attached hydrogen (secondary N) is 2. The molecule has 23 heavy (non-hydrogen) atoms. The first kappa shape index (κ1) is 16.2. The van der Waals surface area contributed by atoms with Crippen molar-refractivity contribution in [3.05, 3.63) is 24.3 Å². The van der Waals surface area contributed by atoms with E-state index in [0.717, 1.165) is 30.8 Å². The van der Waals surface area contributed by atoms with Crippen molar-refractivity contribution in [2.45, 2.75) is 57.4 Å². The Bertz CT molecular complexity index is 596. The van der Waals surface area contributed by atoms with Crippen molar-refractivity contribution in [1.82, 2.24) is 5.32 Å². The standard InChI is InChI=1S/C18H25N3OS/c1-2-18(10-3-4-11-18)20-17(23)19-14-7-5-8-15(13-14)21-12-6-9-16(21)22/h5,7-8,13H,2-4,6,9-12H2,1H3,(H2,19,20,23). The molecular formula is C18H25N3OS. The highest BCUT2D eigenvalue weighted by Gasteiger charge is 2.32. The molecule has 0 radical (unpaired) electrons. The lowest BCUT2D eigenvalue weighted by Gasteiger charge is -2.30. The number of thiocarbonyl (C=S) groups is 1. The average Bonchev–Trinajstić information content (AvgIpc) is 3.17. The van der Waals surface area contributed by atoms with E-state index in [2.05, 4.69) is 17.6 Å². The topological polar surface area (TPSA) is 44.4 Å². The number of carbonyl (C=O) groups excluding carboxylic acids is 1. The summed E-state index contributed by atoms with van der Waals surface area (Å²) in [5.74, 6) is 0.207. The lowest BCUT2D eigenvalue weighted by atomic mass is 9.95. The van der Waals surface area contributed by atoms with Crippen LogP contribution in [0.1, 0.15) is 51.9 Å². The van der Waals surface area contributed by atoms with Crippen LogP contribution < -0.4 is 15.5 Å². The van der Waals surface area contributed by atoms with Crippen molar-refractivity contribution in [3.63, 3.8) is 0 Å². The number of amides is 1. The first-order chi connectivity index (χ1) is 11.1. The first-order valence-corrected chi connectivity index (χ1v) is 9.02. The molecule has 0 unspecified atom stereocenters. The van der Waals surface area contributed by atoms with Gasteiger partial charge in [0.15, 0.2) is 5.11 Å². The molecule has 1 heterocycles. The fraction of sp³-hybridized carbons (Fsp3) is 0.556. The zero-order chi connectivity index (χ0) is 16.3. The summed E-state index contributed by atoms with van der Waals surface area (Å²) < 4.78 is 0. The number of carbonyl (C=O) groups is 1. The van der Waals surface area contributed by atoms with Crippen LogP contribution >= 0.6 is 12.2 Å². The second kappa shape index (κ2) is 6.87. The molecular weight excluding hydrogens is 306 g/mol.